The predicted octanol–water partition coefficient (Wildman–Crippen LogP) is 1.86. The molecule has 1 rings (SSSR count). The van der Waals surface area contributed by atoms with Crippen LogP contribution in [-0.4, -0.2) is 36.1 Å². The standard InChI is InChI=1S/C13H25N5/c1-4-5-8-18(3)13-9-12(15-10-16-13)17-11(2)6-7-14/h9-11H,4-8,14H2,1-3H3,(H,15,16,17). The number of aromatic nitrogens is 2. The number of nitrogens with two attached hydrogens (primary N) is 1. The van der Waals surface area contributed by atoms with Crippen LogP contribution in [0.15, 0.2) is 12.4 Å². The van der Waals surface area contributed by atoms with Crippen LogP contribution in [0.3, 0.4) is 0 Å². The van der Waals surface area contributed by atoms with Crippen LogP contribution in [0, 0.1) is 0 Å². The van der Waals surface area contributed by atoms with Crippen molar-refractivity contribution in [3.63, 3.8) is 0 Å². The summed E-state index contributed by atoms with van der Waals surface area (Å²) in [5.74, 6) is 1.82. The summed E-state index contributed by atoms with van der Waals surface area (Å²) in [6.07, 6.45) is 4.90. The highest BCUT2D eigenvalue weighted by Crippen LogP contribution is 2.14. The number of nitrogens with zero attached hydrogens (tertiary/aromatic N) is 3. The largest absolute Gasteiger partial charge is 0.367 e. The van der Waals surface area contributed by atoms with Crippen molar-refractivity contribution in [1.29, 1.82) is 0 Å². The fourth-order valence-electron chi connectivity index (χ4n) is 1.72. The molecule has 0 aliphatic heterocycles. The Kier molecular flexibility index (Phi) is 6.43. The molecule has 3 N–H and O–H groups in total. The molecule has 0 aliphatic rings. The molecule has 0 fully saturated rings. The first-order valence-electron chi connectivity index (χ1n) is 6.67. The molecule has 1 aromatic rings. The molecule has 5 nitrogen and oxygen atoms in total. The van der Waals surface area contributed by atoms with E-state index < -0.39 is 0 Å². The van der Waals surface area contributed by atoms with Crippen LogP contribution >= 0.6 is 0 Å². The van der Waals surface area contributed by atoms with Crippen LogP contribution in [0.5, 0.6) is 0 Å². The first-order chi connectivity index (χ1) is 8.67. The van der Waals surface area contributed by atoms with Crippen molar-refractivity contribution in [3.8, 4) is 0 Å². The van der Waals surface area contributed by atoms with Crippen molar-refractivity contribution >= 4 is 11.6 Å². The van der Waals surface area contributed by atoms with E-state index in [1.54, 1.807) is 6.33 Å². The van der Waals surface area contributed by atoms with E-state index in [0.29, 0.717) is 12.6 Å². The third-order valence-electron chi connectivity index (χ3n) is 2.88. The van der Waals surface area contributed by atoms with E-state index in [-0.39, 0.29) is 0 Å². The van der Waals surface area contributed by atoms with E-state index in [1.165, 1.54) is 12.8 Å². The van der Waals surface area contributed by atoms with Crippen LogP contribution < -0.4 is 16.0 Å². The lowest BCUT2D eigenvalue weighted by Crippen LogP contribution is -2.22. The molecule has 1 atom stereocenters. The molecular formula is C13H25N5. The van der Waals surface area contributed by atoms with Gasteiger partial charge in [0.2, 0.25) is 0 Å². The second-order valence-electron chi connectivity index (χ2n) is 4.66. The monoisotopic (exact) mass is 251 g/mol. The second-order valence-corrected chi connectivity index (χ2v) is 4.66. The van der Waals surface area contributed by atoms with E-state index in [9.17, 15) is 0 Å². The molecule has 18 heavy (non-hydrogen) atoms. The van der Waals surface area contributed by atoms with Crippen molar-refractivity contribution in [1.82, 2.24) is 9.97 Å². The molecule has 102 valence electrons. The maximum absolute atomic E-state index is 5.54. The lowest BCUT2D eigenvalue weighted by Gasteiger charge is -2.19. The van der Waals surface area contributed by atoms with Gasteiger partial charge in [0.15, 0.2) is 0 Å². The number of anilines is 2. The van der Waals surface area contributed by atoms with Crippen molar-refractivity contribution < 1.29 is 0 Å². The molecule has 0 radical (unpaired) electrons. The average Bonchev–Trinajstić information content (AvgIpc) is 2.36. The Labute approximate surface area is 110 Å². The topological polar surface area (TPSA) is 67.1 Å². The molecule has 1 aromatic heterocycles. The zero-order chi connectivity index (χ0) is 13.4. The summed E-state index contributed by atoms with van der Waals surface area (Å²) >= 11 is 0. The third kappa shape index (κ3) is 4.87. The van der Waals surface area contributed by atoms with Gasteiger partial charge < -0.3 is 16.0 Å². The van der Waals surface area contributed by atoms with Gasteiger partial charge >= 0.3 is 0 Å². The summed E-state index contributed by atoms with van der Waals surface area (Å²) < 4.78 is 0. The first kappa shape index (κ1) is 14.7. The number of rotatable bonds is 8. The van der Waals surface area contributed by atoms with Crippen LogP contribution in [0.4, 0.5) is 11.6 Å². The second kappa shape index (κ2) is 7.87. The number of hydrogen-bond acceptors (Lipinski definition) is 5. The highest BCUT2D eigenvalue weighted by molar-refractivity contribution is 5.48. The van der Waals surface area contributed by atoms with E-state index in [4.69, 9.17) is 5.73 Å². The maximum atomic E-state index is 5.54. The smallest absolute Gasteiger partial charge is 0.133 e. The zero-order valence-corrected chi connectivity index (χ0v) is 11.7. The third-order valence-corrected chi connectivity index (χ3v) is 2.88. The Morgan fingerprint density at radius 3 is 2.89 bits per heavy atom. The highest BCUT2D eigenvalue weighted by atomic mass is 15.2. The predicted molar refractivity (Wildman–Crippen MR) is 77.0 cm³/mol. The van der Waals surface area contributed by atoms with Gasteiger partial charge in [-0.2, -0.15) is 0 Å². The zero-order valence-electron chi connectivity index (χ0n) is 11.7. The van der Waals surface area contributed by atoms with Gasteiger partial charge in [0.1, 0.15) is 18.0 Å². The quantitative estimate of drug-likeness (QED) is 0.738. The number of unbranched alkanes of at least 4 members (excludes halogenated alkanes) is 1. The van der Waals surface area contributed by atoms with Gasteiger partial charge in [-0.05, 0) is 26.3 Å². The Balaban J connectivity index is 2.61. The minimum Gasteiger partial charge on any atom is -0.367 e. The summed E-state index contributed by atoms with van der Waals surface area (Å²) in [5, 5.41) is 3.34. The van der Waals surface area contributed by atoms with Gasteiger partial charge in [-0.1, -0.05) is 13.3 Å². The molecule has 0 spiro atoms. The Morgan fingerprint density at radius 2 is 2.22 bits per heavy atom. The van der Waals surface area contributed by atoms with E-state index in [0.717, 1.165) is 24.6 Å². The van der Waals surface area contributed by atoms with Crippen LogP contribution in [0.25, 0.3) is 0 Å². The SMILES string of the molecule is CCCCN(C)c1cc(NC(C)CCN)ncn1. The molecule has 0 saturated carbocycles. The Bertz CT molecular complexity index is 342. The van der Waals surface area contributed by atoms with Gasteiger partial charge in [-0.3, -0.25) is 0 Å². The average molecular weight is 251 g/mol. The summed E-state index contributed by atoms with van der Waals surface area (Å²) in [4.78, 5) is 10.7. The molecule has 0 amide bonds. The fourth-order valence-corrected chi connectivity index (χ4v) is 1.72. The Hall–Kier alpha value is -1.36. The van der Waals surface area contributed by atoms with Crippen LogP contribution in [0.1, 0.15) is 33.1 Å². The van der Waals surface area contributed by atoms with E-state index >= 15 is 0 Å². The molecule has 0 aliphatic carbocycles. The van der Waals surface area contributed by atoms with Crippen LogP contribution in [-0.2, 0) is 0 Å². The summed E-state index contributed by atoms with van der Waals surface area (Å²) in [5.41, 5.74) is 5.54. The Morgan fingerprint density at radius 1 is 1.44 bits per heavy atom. The first-order valence-corrected chi connectivity index (χ1v) is 6.67. The fraction of sp³-hybridized carbons (Fsp3) is 0.692. The van der Waals surface area contributed by atoms with Crippen molar-refractivity contribution in [2.24, 2.45) is 5.73 Å². The minimum absolute atomic E-state index is 0.332. The lowest BCUT2D eigenvalue weighted by molar-refractivity contribution is 0.712. The van der Waals surface area contributed by atoms with Crippen molar-refractivity contribution in [2.75, 3.05) is 30.4 Å². The van der Waals surface area contributed by atoms with Crippen molar-refractivity contribution in [2.45, 2.75) is 39.2 Å². The minimum atomic E-state index is 0.332. The van der Waals surface area contributed by atoms with Gasteiger partial charge in [-0.25, -0.2) is 9.97 Å². The molecule has 0 saturated heterocycles. The summed E-state index contributed by atoms with van der Waals surface area (Å²) in [6.45, 7) is 6.00. The molecule has 0 bridgehead atoms. The van der Waals surface area contributed by atoms with Crippen LogP contribution in [0.2, 0.25) is 0 Å². The molecule has 1 unspecified atom stereocenters. The van der Waals surface area contributed by atoms with E-state index in [1.807, 2.05) is 6.07 Å². The lowest BCUT2D eigenvalue weighted by atomic mass is 10.2. The summed E-state index contributed by atoms with van der Waals surface area (Å²) in [6, 6.07) is 2.32. The number of hydrogen-bond donors (Lipinski definition) is 2. The normalized spacial score (nSPS) is 12.2. The maximum Gasteiger partial charge on any atom is 0.133 e. The van der Waals surface area contributed by atoms with Crippen molar-refractivity contribution in [3.05, 3.63) is 12.4 Å². The highest BCUT2D eigenvalue weighted by Gasteiger charge is 2.06. The number of nitrogens with one attached hydrogen (secondary N) is 1. The molecular weight excluding hydrogens is 226 g/mol. The van der Waals surface area contributed by atoms with E-state index in [2.05, 4.69) is 41.1 Å². The molecule has 0 aromatic carbocycles. The molecule has 1 heterocycles. The molecule has 5 heteroatoms. The van der Waals surface area contributed by atoms with Gasteiger partial charge in [0.25, 0.3) is 0 Å². The summed E-state index contributed by atoms with van der Waals surface area (Å²) in [7, 11) is 2.06. The van der Waals surface area contributed by atoms with Gasteiger partial charge in [0, 0.05) is 25.7 Å². The van der Waals surface area contributed by atoms with Gasteiger partial charge in [0.05, 0.1) is 0 Å². The van der Waals surface area contributed by atoms with Gasteiger partial charge in [-0.15, -0.1) is 0 Å².